The van der Waals surface area contributed by atoms with Gasteiger partial charge in [0.1, 0.15) is 16.5 Å². The minimum atomic E-state index is -0.611. The van der Waals surface area contributed by atoms with Crippen LogP contribution >= 0.6 is 11.6 Å². The number of fused-ring (bicyclic) bond motifs is 1. The van der Waals surface area contributed by atoms with Crippen molar-refractivity contribution in [1.29, 1.82) is 5.26 Å². The molecule has 4 heterocycles. The smallest absolute Gasteiger partial charge is 0.277 e. The number of halogens is 2. The van der Waals surface area contributed by atoms with Crippen LogP contribution in [0, 0.1) is 24.1 Å². The summed E-state index contributed by atoms with van der Waals surface area (Å²) in [6.07, 6.45) is 9.04. The number of nitriles is 1. The molecule has 0 radical (unpaired) electrons. The van der Waals surface area contributed by atoms with Crippen LogP contribution in [0.1, 0.15) is 66.3 Å². The topological polar surface area (TPSA) is 98.1 Å². The van der Waals surface area contributed by atoms with Crippen LogP contribution < -0.4 is 5.56 Å². The molecule has 8 nitrogen and oxygen atoms in total. The number of ether oxygens (including phenoxy) is 1. The number of nitrogens with zero attached hydrogens (tertiary/aromatic N) is 6. The molecule has 4 aromatic rings. The maximum atomic E-state index is 15.1. The van der Waals surface area contributed by atoms with Crippen molar-refractivity contribution in [3.63, 3.8) is 0 Å². The van der Waals surface area contributed by atoms with Gasteiger partial charge in [-0.1, -0.05) is 11.6 Å². The first kappa shape index (κ1) is 22.8. The number of hydrogen-bond acceptors (Lipinski definition) is 6. The molecule has 2 aliphatic rings. The first-order valence-electron chi connectivity index (χ1n) is 11.9. The lowest BCUT2D eigenvalue weighted by atomic mass is 9.90. The number of rotatable bonds is 4. The highest BCUT2D eigenvalue weighted by Gasteiger charge is 2.30. The van der Waals surface area contributed by atoms with E-state index in [1.54, 1.807) is 13.1 Å². The predicted molar refractivity (Wildman–Crippen MR) is 130 cm³/mol. The van der Waals surface area contributed by atoms with E-state index in [9.17, 15) is 4.79 Å². The summed E-state index contributed by atoms with van der Waals surface area (Å²) >= 11 is 6.24. The lowest BCUT2D eigenvalue weighted by molar-refractivity contribution is 0.00454. The predicted octanol–water partition coefficient (Wildman–Crippen LogP) is 4.90. The zero-order valence-corrected chi connectivity index (χ0v) is 20.2. The Labute approximate surface area is 210 Å². The Balaban J connectivity index is 1.45. The molecule has 0 bridgehead atoms. The molecule has 2 atom stereocenters. The Hall–Kier alpha value is -3.61. The molecule has 6 rings (SSSR count). The maximum Gasteiger partial charge on any atom is 0.277 e. The van der Waals surface area contributed by atoms with Gasteiger partial charge in [-0.05, 0) is 50.8 Å². The van der Waals surface area contributed by atoms with Gasteiger partial charge < -0.3 is 4.74 Å². The van der Waals surface area contributed by atoms with Crippen molar-refractivity contribution in [2.45, 2.75) is 50.7 Å². The molecule has 1 aromatic carbocycles. The molecule has 36 heavy (non-hydrogen) atoms. The lowest BCUT2D eigenvalue weighted by Crippen LogP contribution is -2.23. The Kier molecular flexibility index (Phi) is 5.58. The molecule has 10 heteroatoms. The Morgan fingerprint density at radius 1 is 1.22 bits per heavy atom. The molecule has 0 N–H and O–H groups in total. The van der Waals surface area contributed by atoms with Gasteiger partial charge in [-0.25, -0.2) is 14.4 Å². The summed E-state index contributed by atoms with van der Waals surface area (Å²) in [5, 5.41) is 13.6. The second-order valence-electron chi connectivity index (χ2n) is 9.40. The van der Waals surface area contributed by atoms with Gasteiger partial charge >= 0.3 is 0 Å². The summed E-state index contributed by atoms with van der Waals surface area (Å²) < 4.78 is 24.5. The minimum Gasteiger partial charge on any atom is -0.373 e. The standard InChI is InChI=1S/C26H22ClFN6O2/c1-14-23(27)26(35)33-13-21(32-24(25(33)31-14)19-5-2-15(10-29)8-20(19)28)16-6-7-36-22(9-16)17-11-30-34(12-17)18-3-4-18/h2,5,8,11-13,16,18,22H,3-4,6-7,9H2,1H3. The van der Waals surface area contributed by atoms with Crippen LogP contribution in [0.4, 0.5) is 4.39 Å². The Morgan fingerprint density at radius 3 is 2.81 bits per heavy atom. The SMILES string of the molecule is Cc1nc2c(-c3ccc(C#N)cc3F)nc(C3CCOC(c4cnn(C5CC5)c4)C3)cn2c(=O)c1Cl. The first-order valence-corrected chi connectivity index (χ1v) is 12.3. The molecule has 1 saturated heterocycles. The van der Waals surface area contributed by atoms with Crippen LogP contribution in [0.2, 0.25) is 5.02 Å². The van der Waals surface area contributed by atoms with Gasteiger partial charge in [-0.3, -0.25) is 13.9 Å². The molecule has 0 spiro atoms. The number of aryl methyl sites for hydroxylation is 1. The zero-order chi connectivity index (χ0) is 25.0. The molecule has 1 saturated carbocycles. The van der Waals surface area contributed by atoms with Crippen molar-refractivity contribution in [3.8, 4) is 17.3 Å². The van der Waals surface area contributed by atoms with Crippen LogP contribution in [-0.4, -0.2) is 30.8 Å². The second kappa shape index (κ2) is 8.80. The molecular formula is C26H22ClFN6O2. The van der Waals surface area contributed by atoms with E-state index in [-0.39, 0.29) is 39.5 Å². The van der Waals surface area contributed by atoms with E-state index >= 15 is 4.39 Å². The molecule has 3 aromatic heterocycles. The van der Waals surface area contributed by atoms with Crippen molar-refractivity contribution in [3.05, 3.63) is 80.5 Å². The van der Waals surface area contributed by atoms with E-state index in [1.165, 1.54) is 16.5 Å². The highest BCUT2D eigenvalue weighted by Crippen LogP contribution is 2.40. The fraction of sp³-hybridized carbons (Fsp3) is 0.346. The molecule has 0 amide bonds. The number of aromatic nitrogens is 5. The zero-order valence-electron chi connectivity index (χ0n) is 19.5. The summed E-state index contributed by atoms with van der Waals surface area (Å²) in [7, 11) is 0. The van der Waals surface area contributed by atoms with Crippen LogP contribution in [0.5, 0.6) is 0 Å². The van der Waals surface area contributed by atoms with Crippen molar-refractivity contribution >= 4 is 17.2 Å². The van der Waals surface area contributed by atoms with Crippen LogP contribution in [-0.2, 0) is 4.74 Å². The lowest BCUT2D eigenvalue weighted by Gasteiger charge is -2.29. The third-order valence-electron chi connectivity index (χ3n) is 6.91. The van der Waals surface area contributed by atoms with Gasteiger partial charge in [-0.15, -0.1) is 0 Å². The van der Waals surface area contributed by atoms with Gasteiger partial charge in [0.2, 0.25) is 0 Å². The molecular weight excluding hydrogens is 483 g/mol. The monoisotopic (exact) mass is 504 g/mol. The van der Waals surface area contributed by atoms with Gasteiger partial charge in [0.25, 0.3) is 5.56 Å². The second-order valence-corrected chi connectivity index (χ2v) is 9.77. The van der Waals surface area contributed by atoms with Gasteiger partial charge in [-0.2, -0.15) is 10.4 Å². The number of hydrogen-bond donors (Lipinski definition) is 0. The van der Waals surface area contributed by atoms with Crippen molar-refractivity contribution in [1.82, 2.24) is 24.1 Å². The highest BCUT2D eigenvalue weighted by atomic mass is 35.5. The fourth-order valence-electron chi connectivity index (χ4n) is 4.76. The molecule has 1 aliphatic heterocycles. The van der Waals surface area contributed by atoms with Gasteiger partial charge in [0.15, 0.2) is 5.65 Å². The van der Waals surface area contributed by atoms with Crippen molar-refractivity contribution in [2.24, 2.45) is 0 Å². The van der Waals surface area contributed by atoms with Gasteiger partial charge in [0.05, 0.1) is 41.4 Å². The Bertz CT molecular complexity index is 1600. The average molecular weight is 505 g/mol. The van der Waals surface area contributed by atoms with E-state index in [2.05, 4.69) is 10.1 Å². The number of benzene rings is 1. The molecule has 2 unspecified atom stereocenters. The van der Waals surface area contributed by atoms with E-state index in [0.717, 1.165) is 24.5 Å². The largest absolute Gasteiger partial charge is 0.373 e. The van der Waals surface area contributed by atoms with E-state index in [0.29, 0.717) is 36.9 Å². The third kappa shape index (κ3) is 3.96. The van der Waals surface area contributed by atoms with E-state index in [1.807, 2.05) is 23.1 Å². The first-order chi connectivity index (χ1) is 17.4. The molecule has 182 valence electrons. The van der Waals surface area contributed by atoms with Crippen molar-refractivity contribution < 1.29 is 9.13 Å². The third-order valence-corrected chi connectivity index (χ3v) is 7.35. The normalized spacial score (nSPS) is 19.9. The summed E-state index contributed by atoms with van der Waals surface area (Å²) in [6, 6.07) is 6.59. The summed E-state index contributed by atoms with van der Waals surface area (Å²) in [6.45, 7) is 2.15. The van der Waals surface area contributed by atoms with Crippen LogP contribution in [0.3, 0.4) is 0 Å². The van der Waals surface area contributed by atoms with Gasteiger partial charge in [0, 0.05) is 36.0 Å². The summed E-state index contributed by atoms with van der Waals surface area (Å²) in [5.74, 6) is -0.649. The fourth-order valence-corrected chi connectivity index (χ4v) is 4.89. The average Bonchev–Trinajstić information content (AvgIpc) is 3.63. The molecule has 2 fully saturated rings. The quantitative estimate of drug-likeness (QED) is 0.392. The van der Waals surface area contributed by atoms with Crippen molar-refractivity contribution in [2.75, 3.05) is 6.61 Å². The summed E-state index contributed by atoms with van der Waals surface area (Å²) in [5.41, 5.74) is 2.35. The van der Waals surface area contributed by atoms with E-state index in [4.69, 9.17) is 26.6 Å². The highest BCUT2D eigenvalue weighted by molar-refractivity contribution is 6.31. The molecule has 1 aliphatic carbocycles. The Morgan fingerprint density at radius 2 is 2.06 bits per heavy atom. The summed E-state index contributed by atoms with van der Waals surface area (Å²) in [4.78, 5) is 22.4. The van der Waals surface area contributed by atoms with Crippen LogP contribution in [0.25, 0.3) is 16.9 Å². The maximum absolute atomic E-state index is 15.1. The van der Waals surface area contributed by atoms with Crippen LogP contribution in [0.15, 0.2) is 41.6 Å². The van der Waals surface area contributed by atoms with E-state index < -0.39 is 11.4 Å². The minimum absolute atomic E-state index is 0.00763.